The van der Waals surface area contributed by atoms with Crippen LogP contribution in [0.1, 0.15) is 19.4 Å². The van der Waals surface area contributed by atoms with E-state index in [0.29, 0.717) is 10.6 Å². The summed E-state index contributed by atoms with van der Waals surface area (Å²) in [6.07, 6.45) is 5.41. The standard InChI is InChI=1S/C13H17NO2S/c1-4-6-12(5-2)17(16)14-11-8-7-10(3)13(15)9-11/h4-9,14-15H,1-3H3/b6-4-,12-5+. The molecule has 0 saturated carbocycles. The summed E-state index contributed by atoms with van der Waals surface area (Å²) < 4.78 is 14.8. The number of aryl methyl sites for hydroxylation is 1. The molecule has 17 heavy (non-hydrogen) atoms. The molecule has 0 aliphatic carbocycles. The van der Waals surface area contributed by atoms with Crippen LogP contribution >= 0.6 is 0 Å². The van der Waals surface area contributed by atoms with Crippen LogP contribution in [-0.2, 0) is 11.0 Å². The van der Waals surface area contributed by atoms with Gasteiger partial charge in [-0.15, -0.1) is 0 Å². The van der Waals surface area contributed by atoms with E-state index in [9.17, 15) is 9.32 Å². The third kappa shape index (κ3) is 3.75. The van der Waals surface area contributed by atoms with Gasteiger partial charge in [-0.05, 0) is 38.5 Å². The number of hydrogen-bond acceptors (Lipinski definition) is 2. The van der Waals surface area contributed by atoms with Gasteiger partial charge < -0.3 is 9.83 Å². The van der Waals surface area contributed by atoms with E-state index in [-0.39, 0.29) is 5.75 Å². The van der Waals surface area contributed by atoms with Crippen LogP contribution in [0.25, 0.3) is 0 Å². The van der Waals surface area contributed by atoms with Gasteiger partial charge in [-0.25, -0.2) is 4.21 Å². The number of hydrogen-bond donors (Lipinski definition) is 2. The average molecular weight is 251 g/mol. The van der Waals surface area contributed by atoms with Gasteiger partial charge in [0.15, 0.2) is 0 Å². The van der Waals surface area contributed by atoms with Gasteiger partial charge in [0, 0.05) is 6.07 Å². The summed E-state index contributed by atoms with van der Waals surface area (Å²) >= 11 is 0. The second-order valence-electron chi connectivity index (χ2n) is 3.56. The van der Waals surface area contributed by atoms with Gasteiger partial charge in [-0.2, -0.15) is 0 Å². The summed E-state index contributed by atoms with van der Waals surface area (Å²) in [5.41, 5.74) is 1.43. The Morgan fingerprint density at radius 1 is 1.41 bits per heavy atom. The summed E-state index contributed by atoms with van der Waals surface area (Å²) in [5, 5.41) is 9.54. The number of nitrogens with one attached hydrogen (secondary N) is 1. The minimum Gasteiger partial charge on any atom is -0.508 e. The van der Waals surface area contributed by atoms with Gasteiger partial charge in [-0.3, -0.25) is 0 Å². The number of phenolic OH excluding ortho intramolecular Hbond substituents is 1. The summed E-state index contributed by atoms with van der Waals surface area (Å²) in [6, 6.07) is 5.13. The molecule has 3 nitrogen and oxygen atoms in total. The van der Waals surface area contributed by atoms with Gasteiger partial charge in [0.25, 0.3) is 0 Å². The van der Waals surface area contributed by atoms with Crippen molar-refractivity contribution in [3.8, 4) is 5.75 Å². The van der Waals surface area contributed by atoms with Crippen LogP contribution in [0.15, 0.2) is 41.3 Å². The summed E-state index contributed by atoms with van der Waals surface area (Å²) in [5.74, 6) is 0.195. The first-order valence-corrected chi connectivity index (χ1v) is 6.50. The van der Waals surface area contributed by atoms with E-state index in [0.717, 1.165) is 5.56 Å². The van der Waals surface area contributed by atoms with Crippen LogP contribution in [0.3, 0.4) is 0 Å². The molecule has 0 spiro atoms. The molecular weight excluding hydrogens is 234 g/mol. The topological polar surface area (TPSA) is 49.3 Å². The van der Waals surface area contributed by atoms with E-state index in [1.807, 2.05) is 26.8 Å². The Balaban J connectivity index is 2.84. The number of benzene rings is 1. The Bertz CT molecular complexity index is 478. The largest absolute Gasteiger partial charge is 0.508 e. The van der Waals surface area contributed by atoms with Crippen molar-refractivity contribution in [2.75, 3.05) is 4.72 Å². The first-order valence-electron chi connectivity index (χ1n) is 5.35. The van der Waals surface area contributed by atoms with Gasteiger partial charge in [-0.1, -0.05) is 18.2 Å². The van der Waals surface area contributed by atoms with Crippen LogP contribution in [0.4, 0.5) is 5.69 Å². The first kappa shape index (κ1) is 13.5. The maximum absolute atomic E-state index is 11.9. The van der Waals surface area contributed by atoms with Crippen LogP contribution in [0, 0.1) is 6.92 Å². The molecule has 0 bridgehead atoms. The maximum atomic E-state index is 11.9. The van der Waals surface area contributed by atoms with E-state index < -0.39 is 11.0 Å². The predicted octanol–water partition coefficient (Wildman–Crippen LogP) is 3.26. The van der Waals surface area contributed by atoms with Crippen LogP contribution in [0.5, 0.6) is 5.75 Å². The Morgan fingerprint density at radius 2 is 2.12 bits per heavy atom. The number of anilines is 1. The highest BCUT2D eigenvalue weighted by atomic mass is 32.2. The smallest absolute Gasteiger partial charge is 0.149 e. The molecule has 92 valence electrons. The highest BCUT2D eigenvalue weighted by Crippen LogP contribution is 2.22. The molecule has 2 N–H and O–H groups in total. The highest BCUT2D eigenvalue weighted by Gasteiger charge is 2.05. The van der Waals surface area contributed by atoms with Crippen molar-refractivity contribution in [1.82, 2.24) is 0 Å². The molecule has 4 heteroatoms. The monoisotopic (exact) mass is 251 g/mol. The lowest BCUT2D eigenvalue weighted by Gasteiger charge is -2.08. The van der Waals surface area contributed by atoms with Gasteiger partial charge in [0.2, 0.25) is 0 Å². The molecule has 0 amide bonds. The van der Waals surface area contributed by atoms with Crippen molar-refractivity contribution in [1.29, 1.82) is 0 Å². The molecule has 0 heterocycles. The second kappa shape index (κ2) is 6.25. The summed E-state index contributed by atoms with van der Waals surface area (Å²) in [6.45, 7) is 5.52. The van der Waals surface area contributed by atoms with E-state index in [1.54, 1.807) is 30.4 Å². The molecule has 1 rings (SSSR count). The number of rotatable bonds is 4. The molecule has 1 unspecified atom stereocenters. The lowest BCUT2D eigenvalue weighted by molar-refractivity contribution is 0.471. The highest BCUT2D eigenvalue weighted by molar-refractivity contribution is 7.90. The van der Waals surface area contributed by atoms with Crippen LogP contribution < -0.4 is 4.72 Å². The first-order chi connectivity index (χ1) is 8.08. The van der Waals surface area contributed by atoms with Crippen molar-refractivity contribution < 1.29 is 9.32 Å². The number of phenols is 1. The zero-order valence-corrected chi connectivity index (χ0v) is 11.0. The molecule has 0 aliphatic rings. The van der Waals surface area contributed by atoms with Gasteiger partial charge in [0.1, 0.15) is 16.7 Å². The third-order valence-corrected chi connectivity index (χ3v) is 3.47. The van der Waals surface area contributed by atoms with E-state index >= 15 is 0 Å². The molecule has 0 saturated heterocycles. The molecule has 1 atom stereocenters. The van der Waals surface area contributed by atoms with Gasteiger partial charge in [0.05, 0.1) is 10.6 Å². The van der Waals surface area contributed by atoms with Gasteiger partial charge >= 0.3 is 0 Å². The fourth-order valence-corrected chi connectivity index (χ4v) is 2.20. The fraction of sp³-hybridized carbons (Fsp3) is 0.231. The zero-order valence-electron chi connectivity index (χ0n) is 10.2. The lowest BCUT2D eigenvalue weighted by atomic mass is 10.2. The molecule has 1 aromatic rings. The quantitative estimate of drug-likeness (QED) is 0.807. The lowest BCUT2D eigenvalue weighted by Crippen LogP contribution is -2.05. The predicted molar refractivity (Wildman–Crippen MR) is 73.2 cm³/mol. The zero-order chi connectivity index (χ0) is 12.8. The Labute approximate surface area is 104 Å². The third-order valence-electron chi connectivity index (χ3n) is 2.25. The molecule has 1 aromatic carbocycles. The normalized spacial score (nSPS) is 13.9. The summed E-state index contributed by atoms with van der Waals surface area (Å²) in [7, 11) is -1.31. The van der Waals surface area contributed by atoms with E-state index in [1.165, 1.54) is 0 Å². The van der Waals surface area contributed by atoms with Crippen molar-refractivity contribution >= 4 is 16.7 Å². The number of allylic oxidation sites excluding steroid dienone is 3. The van der Waals surface area contributed by atoms with Crippen molar-refractivity contribution in [2.24, 2.45) is 0 Å². The fourth-order valence-electron chi connectivity index (χ4n) is 1.27. The van der Waals surface area contributed by atoms with Crippen LogP contribution in [-0.4, -0.2) is 9.32 Å². The van der Waals surface area contributed by atoms with Crippen LogP contribution in [0.2, 0.25) is 0 Å². The molecular formula is C13H17NO2S. The second-order valence-corrected chi connectivity index (χ2v) is 4.78. The average Bonchev–Trinajstić information content (AvgIpc) is 2.30. The maximum Gasteiger partial charge on any atom is 0.149 e. The number of aromatic hydroxyl groups is 1. The Kier molecular flexibility index (Phi) is 4.97. The summed E-state index contributed by atoms with van der Waals surface area (Å²) in [4.78, 5) is 0.701. The minimum absolute atomic E-state index is 0.195. The SMILES string of the molecule is C/C=C\C(=C/C)S(=O)Nc1ccc(C)c(O)c1. The van der Waals surface area contributed by atoms with Crippen molar-refractivity contribution in [3.63, 3.8) is 0 Å². The van der Waals surface area contributed by atoms with Crippen molar-refractivity contribution in [2.45, 2.75) is 20.8 Å². The Hall–Kier alpha value is -1.55. The Morgan fingerprint density at radius 3 is 2.65 bits per heavy atom. The van der Waals surface area contributed by atoms with E-state index in [4.69, 9.17) is 0 Å². The molecule has 0 aliphatic heterocycles. The molecule has 0 radical (unpaired) electrons. The van der Waals surface area contributed by atoms with E-state index in [2.05, 4.69) is 4.72 Å². The minimum atomic E-state index is -1.31. The molecule has 0 fully saturated rings. The van der Waals surface area contributed by atoms with Crippen molar-refractivity contribution in [3.05, 3.63) is 46.9 Å². The molecule has 0 aromatic heterocycles.